The molecule has 0 spiro atoms. The summed E-state index contributed by atoms with van der Waals surface area (Å²) in [6.45, 7) is -0.190. The molecule has 0 saturated carbocycles. The van der Waals surface area contributed by atoms with Gasteiger partial charge in [-0.25, -0.2) is 8.42 Å². The third kappa shape index (κ3) is 3.65. The number of anilines is 1. The first-order valence-corrected chi connectivity index (χ1v) is 7.08. The van der Waals surface area contributed by atoms with Gasteiger partial charge in [-0.3, -0.25) is 14.9 Å². The van der Waals surface area contributed by atoms with Crippen molar-refractivity contribution in [2.24, 2.45) is 0 Å². The summed E-state index contributed by atoms with van der Waals surface area (Å²) >= 11 is 0. The largest absolute Gasteiger partial charge is 0.371 e. The van der Waals surface area contributed by atoms with E-state index in [9.17, 15) is 23.3 Å². The molecule has 1 aromatic rings. The standard InChI is InChI=1S/C10H13N3O5S/c1-11-9(14)6-12-7-4-3-5-8(19(2,17)18)10(7)13(15)16/h3-5,12H,6H2,1-2H3,(H,11,14). The number of hydrogen-bond donors (Lipinski definition) is 2. The Morgan fingerprint density at radius 2 is 2.05 bits per heavy atom. The van der Waals surface area contributed by atoms with Crippen LogP contribution >= 0.6 is 0 Å². The van der Waals surface area contributed by atoms with Gasteiger partial charge in [0.15, 0.2) is 9.84 Å². The van der Waals surface area contributed by atoms with Crippen molar-refractivity contribution >= 4 is 27.1 Å². The van der Waals surface area contributed by atoms with E-state index < -0.39 is 20.4 Å². The average molecular weight is 287 g/mol. The molecule has 1 aromatic carbocycles. The van der Waals surface area contributed by atoms with E-state index >= 15 is 0 Å². The number of nitrogens with one attached hydrogen (secondary N) is 2. The molecule has 0 heterocycles. The summed E-state index contributed by atoms with van der Waals surface area (Å²) in [6, 6.07) is 3.86. The first-order chi connectivity index (χ1) is 8.77. The molecule has 0 saturated heterocycles. The predicted molar refractivity (Wildman–Crippen MR) is 68.8 cm³/mol. The molecule has 2 N–H and O–H groups in total. The Hall–Kier alpha value is -2.16. The first-order valence-electron chi connectivity index (χ1n) is 5.19. The summed E-state index contributed by atoms with van der Waals surface area (Å²) < 4.78 is 23.0. The number of sulfone groups is 1. The first kappa shape index (κ1) is 14.9. The normalized spacial score (nSPS) is 10.8. The van der Waals surface area contributed by atoms with E-state index in [2.05, 4.69) is 10.6 Å². The van der Waals surface area contributed by atoms with Crippen molar-refractivity contribution < 1.29 is 18.1 Å². The van der Waals surface area contributed by atoms with Crippen molar-refractivity contribution in [3.63, 3.8) is 0 Å². The summed E-state index contributed by atoms with van der Waals surface area (Å²) in [4.78, 5) is 20.9. The van der Waals surface area contributed by atoms with E-state index in [1.807, 2.05) is 0 Å². The summed E-state index contributed by atoms with van der Waals surface area (Å²) in [6.07, 6.45) is 0.887. The zero-order chi connectivity index (χ0) is 14.6. The summed E-state index contributed by atoms with van der Waals surface area (Å²) in [5, 5.41) is 15.9. The van der Waals surface area contributed by atoms with Gasteiger partial charge in [0.2, 0.25) is 5.91 Å². The van der Waals surface area contributed by atoms with Crippen LogP contribution < -0.4 is 10.6 Å². The van der Waals surface area contributed by atoms with E-state index in [1.165, 1.54) is 19.2 Å². The lowest BCUT2D eigenvalue weighted by atomic mass is 10.2. The smallest absolute Gasteiger partial charge is 0.310 e. The maximum absolute atomic E-state index is 11.5. The van der Waals surface area contributed by atoms with E-state index in [1.54, 1.807) is 0 Å². The molecular weight excluding hydrogens is 274 g/mol. The second kappa shape index (κ2) is 5.65. The Morgan fingerprint density at radius 3 is 2.53 bits per heavy atom. The number of nitro groups is 1. The predicted octanol–water partition coefficient (Wildman–Crippen LogP) is 0.156. The van der Waals surface area contributed by atoms with Crippen LogP contribution in [0.25, 0.3) is 0 Å². The molecule has 1 amide bonds. The lowest BCUT2D eigenvalue weighted by Gasteiger charge is -2.08. The van der Waals surface area contributed by atoms with Crippen molar-refractivity contribution in [3.8, 4) is 0 Å². The third-order valence-electron chi connectivity index (χ3n) is 2.30. The highest BCUT2D eigenvalue weighted by Gasteiger charge is 2.26. The Balaban J connectivity index is 3.26. The van der Waals surface area contributed by atoms with Crippen LogP contribution in [0.1, 0.15) is 0 Å². The molecule has 0 bridgehead atoms. The minimum atomic E-state index is -3.73. The zero-order valence-corrected chi connectivity index (χ0v) is 11.2. The number of para-hydroxylation sites is 1. The number of carbonyl (C=O) groups excluding carboxylic acids is 1. The van der Waals surface area contributed by atoms with Gasteiger partial charge in [0.1, 0.15) is 10.6 Å². The lowest BCUT2D eigenvalue weighted by Crippen LogP contribution is -2.26. The van der Waals surface area contributed by atoms with E-state index in [0.29, 0.717) is 0 Å². The Morgan fingerprint density at radius 1 is 1.42 bits per heavy atom. The monoisotopic (exact) mass is 287 g/mol. The molecule has 0 aliphatic carbocycles. The zero-order valence-electron chi connectivity index (χ0n) is 10.3. The van der Waals surface area contributed by atoms with Crippen LogP contribution in [-0.4, -0.2) is 39.1 Å². The Kier molecular flexibility index (Phi) is 4.43. The molecule has 0 aromatic heterocycles. The van der Waals surface area contributed by atoms with Gasteiger partial charge in [0.25, 0.3) is 0 Å². The van der Waals surface area contributed by atoms with Crippen molar-refractivity contribution in [1.82, 2.24) is 5.32 Å². The van der Waals surface area contributed by atoms with Crippen LogP contribution in [0.2, 0.25) is 0 Å². The number of rotatable bonds is 5. The maximum Gasteiger partial charge on any atom is 0.310 e. The SMILES string of the molecule is CNC(=O)CNc1cccc(S(C)(=O)=O)c1[N+](=O)[O-]. The minimum Gasteiger partial charge on any atom is -0.371 e. The van der Waals surface area contributed by atoms with Crippen LogP contribution in [0.4, 0.5) is 11.4 Å². The van der Waals surface area contributed by atoms with E-state index in [4.69, 9.17) is 0 Å². The third-order valence-corrected chi connectivity index (χ3v) is 3.43. The van der Waals surface area contributed by atoms with Gasteiger partial charge < -0.3 is 10.6 Å². The van der Waals surface area contributed by atoms with Gasteiger partial charge in [-0.05, 0) is 12.1 Å². The molecule has 0 aliphatic rings. The molecule has 0 atom stereocenters. The van der Waals surface area contributed by atoms with Gasteiger partial charge in [0, 0.05) is 13.3 Å². The topological polar surface area (TPSA) is 118 Å². The maximum atomic E-state index is 11.5. The molecule has 0 radical (unpaired) electrons. The van der Waals surface area contributed by atoms with Crippen molar-refractivity contribution in [3.05, 3.63) is 28.3 Å². The quantitative estimate of drug-likeness (QED) is 0.588. The van der Waals surface area contributed by atoms with Crippen LogP contribution in [0.15, 0.2) is 23.1 Å². The van der Waals surface area contributed by atoms with Crippen LogP contribution in [-0.2, 0) is 14.6 Å². The summed E-state index contributed by atoms with van der Waals surface area (Å²) in [7, 11) is -2.31. The summed E-state index contributed by atoms with van der Waals surface area (Å²) in [5.41, 5.74) is -0.578. The highest BCUT2D eigenvalue weighted by atomic mass is 32.2. The molecule has 1 rings (SSSR count). The lowest BCUT2D eigenvalue weighted by molar-refractivity contribution is -0.386. The number of hydrogen-bond acceptors (Lipinski definition) is 6. The highest BCUT2D eigenvalue weighted by Crippen LogP contribution is 2.31. The van der Waals surface area contributed by atoms with Crippen molar-refractivity contribution in [2.75, 3.05) is 25.2 Å². The Bertz CT molecular complexity index is 612. The number of likely N-dealkylation sites (N-methyl/N-ethyl adjacent to an activating group) is 1. The molecular formula is C10H13N3O5S. The van der Waals surface area contributed by atoms with Crippen molar-refractivity contribution in [2.45, 2.75) is 4.90 Å². The number of benzene rings is 1. The number of amides is 1. The molecule has 19 heavy (non-hydrogen) atoms. The molecule has 0 aliphatic heterocycles. The van der Waals surface area contributed by atoms with Crippen LogP contribution in [0, 0.1) is 10.1 Å². The minimum absolute atomic E-state index is 0.0171. The van der Waals surface area contributed by atoms with Gasteiger partial charge in [0.05, 0.1) is 11.5 Å². The second-order valence-electron chi connectivity index (χ2n) is 3.71. The van der Waals surface area contributed by atoms with Crippen LogP contribution in [0.5, 0.6) is 0 Å². The summed E-state index contributed by atoms with van der Waals surface area (Å²) in [5.74, 6) is -0.376. The molecule has 0 fully saturated rings. The second-order valence-corrected chi connectivity index (χ2v) is 5.69. The fourth-order valence-electron chi connectivity index (χ4n) is 1.42. The van der Waals surface area contributed by atoms with Gasteiger partial charge >= 0.3 is 5.69 Å². The fraction of sp³-hybridized carbons (Fsp3) is 0.300. The molecule has 104 valence electrons. The van der Waals surface area contributed by atoms with E-state index in [0.717, 1.165) is 12.3 Å². The average Bonchev–Trinajstić information content (AvgIpc) is 2.34. The number of nitro benzene ring substituents is 1. The Labute approximate surface area is 109 Å². The van der Waals surface area contributed by atoms with Gasteiger partial charge in [-0.15, -0.1) is 0 Å². The highest BCUT2D eigenvalue weighted by molar-refractivity contribution is 7.90. The number of carbonyl (C=O) groups is 1. The number of nitrogens with zero attached hydrogens (tertiary/aromatic N) is 1. The van der Waals surface area contributed by atoms with Crippen molar-refractivity contribution in [1.29, 1.82) is 0 Å². The molecule has 9 heteroatoms. The fourth-order valence-corrected chi connectivity index (χ4v) is 2.28. The molecule has 0 unspecified atom stereocenters. The van der Waals surface area contributed by atoms with E-state index in [-0.39, 0.29) is 23.0 Å². The molecule has 8 nitrogen and oxygen atoms in total. The van der Waals surface area contributed by atoms with Crippen LogP contribution in [0.3, 0.4) is 0 Å². The van der Waals surface area contributed by atoms with Gasteiger partial charge in [-0.2, -0.15) is 0 Å². The van der Waals surface area contributed by atoms with Gasteiger partial charge in [-0.1, -0.05) is 6.07 Å².